The second-order valence-corrected chi connectivity index (χ2v) is 7.54. The first-order valence-corrected chi connectivity index (χ1v) is 9.93. The fourth-order valence-electron chi connectivity index (χ4n) is 3.39. The molecule has 6 nitrogen and oxygen atoms in total. The van der Waals surface area contributed by atoms with Gasteiger partial charge in [-0.25, -0.2) is 0 Å². The Morgan fingerprint density at radius 2 is 1.03 bits per heavy atom. The summed E-state index contributed by atoms with van der Waals surface area (Å²) >= 11 is 0. The molecule has 0 saturated carbocycles. The lowest BCUT2D eigenvalue weighted by Gasteiger charge is -2.10. The smallest absolute Gasteiger partial charge is 0.123 e. The van der Waals surface area contributed by atoms with Gasteiger partial charge in [-0.05, 0) is 74.0 Å². The third-order valence-corrected chi connectivity index (χ3v) is 5.00. The number of aromatic hydroxyl groups is 4. The van der Waals surface area contributed by atoms with E-state index in [-0.39, 0.29) is 23.0 Å². The van der Waals surface area contributed by atoms with Gasteiger partial charge in [-0.3, -0.25) is 0 Å². The van der Waals surface area contributed by atoms with Crippen LogP contribution in [0.3, 0.4) is 0 Å². The second-order valence-electron chi connectivity index (χ2n) is 7.54. The third kappa shape index (κ3) is 4.87. The molecule has 0 saturated heterocycles. The predicted molar refractivity (Wildman–Crippen MR) is 129 cm³/mol. The van der Waals surface area contributed by atoms with E-state index in [1.165, 1.54) is 12.1 Å². The zero-order valence-corrected chi connectivity index (χ0v) is 17.9. The lowest BCUT2D eigenvalue weighted by molar-refractivity contribution is 0.469. The highest BCUT2D eigenvalue weighted by molar-refractivity contribution is 5.80. The van der Waals surface area contributed by atoms with Crippen molar-refractivity contribution in [2.45, 2.75) is 13.8 Å². The number of anilines is 2. The van der Waals surface area contributed by atoms with Crippen LogP contribution >= 0.6 is 0 Å². The van der Waals surface area contributed by atoms with Crippen LogP contribution in [0.5, 0.6) is 23.0 Å². The summed E-state index contributed by atoms with van der Waals surface area (Å²) in [6.45, 7) is 3.80. The number of benzene rings is 4. The van der Waals surface area contributed by atoms with Crippen molar-refractivity contribution in [2.75, 3.05) is 11.5 Å². The minimum atomic E-state index is 0.107. The summed E-state index contributed by atoms with van der Waals surface area (Å²) < 4.78 is 0. The summed E-state index contributed by atoms with van der Waals surface area (Å²) in [5.41, 5.74) is 16.6. The van der Waals surface area contributed by atoms with E-state index in [2.05, 4.69) is 0 Å². The first kappa shape index (κ1) is 22.4. The Bertz CT molecular complexity index is 1200. The summed E-state index contributed by atoms with van der Waals surface area (Å²) in [6.07, 6.45) is 0. The van der Waals surface area contributed by atoms with Crippen LogP contribution in [-0.2, 0) is 0 Å². The van der Waals surface area contributed by atoms with E-state index in [4.69, 9.17) is 11.5 Å². The van der Waals surface area contributed by atoms with Gasteiger partial charge in [-0.15, -0.1) is 0 Å². The molecule has 4 aromatic rings. The summed E-state index contributed by atoms with van der Waals surface area (Å²) in [5, 5.41) is 39.1. The van der Waals surface area contributed by atoms with Gasteiger partial charge in [0.25, 0.3) is 0 Å². The Balaban J connectivity index is 0.000000181. The average Bonchev–Trinajstić information content (AvgIpc) is 2.74. The Morgan fingerprint density at radius 3 is 1.62 bits per heavy atom. The van der Waals surface area contributed by atoms with Gasteiger partial charge in [-0.1, -0.05) is 23.8 Å². The summed E-state index contributed by atoms with van der Waals surface area (Å²) in [6, 6.07) is 20.0. The van der Waals surface area contributed by atoms with E-state index in [9.17, 15) is 20.4 Å². The number of phenolic OH excluding ortho intramolecular Hbond substituents is 4. The van der Waals surface area contributed by atoms with E-state index in [1.54, 1.807) is 42.5 Å². The largest absolute Gasteiger partial charge is 0.507 e. The van der Waals surface area contributed by atoms with Crippen molar-refractivity contribution in [1.82, 2.24) is 0 Å². The fourth-order valence-corrected chi connectivity index (χ4v) is 3.39. The maximum Gasteiger partial charge on any atom is 0.123 e. The molecule has 0 unspecified atom stereocenters. The summed E-state index contributed by atoms with van der Waals surface area (Å²) in [5.74, 6) is 0.487. The molecule has 0 amide bonds. The van der Waals surface area contributed by atoms with Gasteiger partial charge < -0.3 is 31.9 Å². The van der Waals surface area contributed by atoms with E-state index in [1.807, 2.05) is 32.0 Å². The van der Waals surface area contributed by atoms with Gasteiger partial charge in [0.15, 0.2) is 0 Å². The lowest BCUT2D eigenvalue weighted by atomic mass is 9.98. The highest BCUT2D eigenvalue weighted by atomic mass is 16.3. The van der Waals surface area contributed by atoms with Crippen molar-refractivity contribution in [3.63, 3.8) is 0 Å². The molecule has 32 heavy (non-hydrogen) atoms. The van der Waals surface area contributed by atoms with Crippen molar-refractivity contribution in [3.05, 3.63) is 83.9 Å². The van der Waals surface area contributed by atoms with E-state index >= 15 is 0 Å². The Kier molecular flexibility index (Phi) is 6.45. The highest BCUT2D eigenvalue weighted by Crippen LogP contribution is 2.39. The van der Waals surface area contributed by atoms with E-state index < -0.39 is 0 Å². The minimum Gasteiger partial charge on any atom is -0.507 e. The number of aryl methyl sites for hydroxylation is 2. The van der Waals surface area contributed by atoms with Crippen molar-refractivity contribution < 1.29 is 20.4 Å². The molecule has 0 spiro atoms. The van der Waals surface area contributed by atoms with Gasteiger partial charge >= 0.3 is 0 Å². The lowest BCUT2D eigenvalue weighted by Crippen LogP contribution is -1.89. The molecule has 0 bridgehead atoms. The standard InChI is InChI=1S/2C13H13NO2/c1-8-2-4-12(15)10(6-8)11-7-9(14)3-5-13(11)16;1-8-3-2-4-12(16)13(8)10-7-9(14)5-6-11(10)15/h2*2-7,15-16H,14H2,1H3. The van der Waals surface area contributed by atoms with Gasteiger partial charge in [-0.2, -0.15) is 0 Å². The molecule has 4 aromatic carbocycles. The molecule has 0 aromatic heterocycles. The molecule has 0 atom stereocenters. The quantitative estimate of drug-likeness (QED) is 0.189. The molecule has 4 rings (SSSR count). The number of rotatable bonds is 2. The monoisotopic (exact) mass is 430 g/mol. The van der Waals surface area contributed by atoms with Crippen molar-refractivity contribution >= 4 is 11.4 Å². The van der Waals surface area contributed by atoms with E-state index in [0.29, 0.717) is 33.6 Å². The fraction of sp³-hybridized carbons (Fsp3) is 0.0769. The molecule has 6 heteroatoms. The Labute approximate surface area is 186 Å². The molecule has 8 N–H and O–H groups in total. The van der Waals surface area contributed by atoms with Crippen LogP contribution in [0, 0.1) is 13.8 Å². The molecule has 0 aliphatic carbocycles. The molecule has 0 heterocycles. The van der Waals surface area contributed by atoms with Crippen LogP contribution in [0.25, 0.3) is 22.3 Å². The number of nitrogen functional groups attached to an aromatic ring is 2. The van der Waals surface area contributed by atoms with Crippen molar-refractivity contribution in [3.8, 4) is 45.3 Å². The number of nitrogens with two attached hydrogens (primary N) is 2. The molecule has 164 valence electrons. The van der Waals surface area contributed by atoms with E-state index in [0.717, 1.165) is 11.1 Å². The second kappa shape index (κ2) is 9.22. The van der Waals surface area contributed by atoms with Crippen LogP contribution in [0.15, 0.2) is 72.8 Å². The first-order chi connectivity index (χ1) is 15.2. The average molecular weight is 431 g/mol. The van der Waals surface area contributed by atoms with Crippen LogP contribution in [-0.4, -0.2) is 20.4 Å². The number of hydrogen-bond donors (Lipinski definition) is 6. The maximum atomic E-state index is 9.81. The third-order valence-electron chi connectivity index (χ3n) is 5.00. The van der Waals surface area contributed by atoms with Crippen LogP contribution in [0.1, 0.15) is 11.1 Å². The van der Waals surface area contributed by atoms with Gasteiger partial charge in [0.1, 0.15) is 23.0 Å². The molecule has 0 fully saturated rings. The molecular formula is C26H26N2O4. The zero-order chi connectivity index (χ0) is 23.4. The van der Waals surface area contributed by atoms with Gasteiger partial charge in [0.2, 0.25) is 0 Å². The van der Waals surface area contributed by atoms with Crippen molar-refractivity contribution in [1.29, 1.82) is 0 Å². The SMILES string of the molecule is Cc1ccc(O)c(-c2cc(N)ccc2O)c1.Cc1cccc(O)c1-c1cc(N)ccc1O. The predicted octanol–water partition coefficient (Wildman–Crippen LogP) is 5.31. The number of hydrogen-bond acceptors (Lipinski definition) is 6. The molecule has 0 aliphatic heterocycles. The number of phenols is 4. The zero-order valence-electron chi connectivity index (χ0n) is 17.9. The van der Waals surface area contributed by atoms with Crippen LogP contribution in [0.4, 0.5) is 11.4 Å². The Hall–Kier alpha value is -4.32. The van der Waals surface area contributed by atoms with Gasteiger partial charge in [0, 0.05) is 33.6 Å². The molecular weight excluding hydrogens is 404 g/mol. The molecule has 0 aliphatic rings. The molecule has 0 radical (unpaired) electrons. The van der Waals surface area contributed by atoms with Gasteiger partial charge in [0.05, 0.1) is 0 Å². The summed E-state index contributed by atoms with van der Waals surface area (Å²) in [4.78, 5) is 0. The summed E-state index contributed by atoms with van der Waals surface area (Å²) in [7, 11) is 0. The first-order valence-electron chi connectivity index (χ1n) is 9.93. The highest BCUT2D eigenvalue weighted by Gasteiger charge is 2.12. The van der Waals surface area contributed by atoms with Crippen molar-refractivity contribution in [2.24, 2.45) is 0 Å². The van der Waals surface area contributed by atoms with Crippen LogP contribution in [0.2, 0.25) is 0 Å². The minimum absolute atomic E-state index is 0.107. The Morgan fingerprint density at radius 1 is 0.531 bits per heavy atom. The topological polar surface area (TPSA) is 133 Å². The van der Waals surface area contributed by atoms with Crippen LogP contribution < -0.4 is 11.5 Å². The normalized spacial score (nSPS) is 10.3. The maximum absolute atomic E-state index is 9.81.